The minimum Gasteiger partial charge on any atom is -0.294 e. The molecule has 0 aliphatic carbocycles. The van der Waals surface area contributed by atoms with Crippen LogP contribution in [0.5, 0.6) is 0 Å². The normalized spacial score (nSPS) is 14.1. The molecular weight excluding hydrogens is 110 g/mol. The lowest BCUT2D eigenvalue weighted by atomic mass is 9.91. The van der Waals surface area contributed by atoms with Gasteiger partial charge in [0.2, 0.25) is 0 Å². The molecule has 0 saturated heterocycles. The van der Waals surface area contributed by atoms with Crippen molar-refractivity contribution in [1.29, 1.82) is 0 Å². The Labute approximate surface area is 58.2 Å². The van der Waals surface area contributed by atoms with Gasteiger partial charge in [0.25, 0.3) is 0 Å². The smallest absolute Gasteiger partial charge is 0.0360 e. The molecule has 0 aliphatic heterocycles. The lowest BCUT2D eigenvalue weighted by Crippen LogP contribution is -2.16. The predicted octanol–water partition coefficient (Wildman–Crippen LogP) is 2.51. The zero-order chi connectivity index (χ0) is 7.49. The van der Waals surface area contributed by atoms with Gasteiger partial charge in [-0.05, 0) is 19.3 Å². The summed E-state index contributed by atoms with van der Waals surface area (Å²) in [6, 6.07) is 0. The monoisotopic (exact) mass is 127 g/mol. The van der Waals surface area contributed by atoms with Gasteiger partial charge in [0.15, 0.2) is 0 Å². The van der Waals surface area contributed by atoms with Crippen LogP contribution in [0.1, 0.15) is 34.6 Å². The van der Waals surface area contributed by atoms with Crippen molar-refractivity contribution < 1.29 is 0 Å². The van der Waals surface area contributed by atoms with E-state index < -0.39 is 0 Å². The molecule has 0 aromatic rings. The van der Waals surface area contributed by atoms with Crippen molar-refractivity contribution in [2.24, 2.45) is 10.4 Å². The van der Waals surface area contributed by atoms with E-state index >= 15 is 0 Å². The molecule has 1 heteroatoms. The van der Waals surface area contributed by atoms with Crippen molar-refractivity contribution in [3.63, 3.8) is 0 Å². The highest BCUT2D eigenvalue weighted by Gasteiger charge is 2.12. The van der Waals surface area contributed by atoms with Gasteiger partial charge in [0.1, 0.15) is 0 Å². The standard InChI is InChI=1S/C8H17N/c1-6-9-7(2)8(3,4)5/h6H2,1-5H3/b9-7+. The Morgan fingerprint density at radius 3 is 1.89 bits per heavy atom. The first-order valence-corrected chi connectivity index (χ1v) is 3.50. The molecule has 0 rings (SSSR count). The van der Waals surface area contributed by atoms with E-state index in [1.807, 2.05) is 0 Å². The molecule has 0 fully saturated rings. The van der Waals surface area contributed by atoms with Gasteiger partial charge in [0.05, 0.1) is 0 Å². The number of rotatable bonds is 1. The molecule has 9 heavy (non-hydrogen) atoms. The van der Waals surface area contributed by atoms with Crippen LogP contribution in [-0.4, -0.2) is 12.3 Å². The molecule has 0 heterocycles. The third kappa shape index (κ3) is 3.28. The maximum absolute atomic E-state index is 4.31. The second-order valence-corrected chi connectivity index (χ2v) is 3.31. The molecule has 0 saturated carbocycles. The lowest BCUT2D eigenvalue weighted by molar-refractivity contribution is 0.585. The van der Waals surface area contributed by atoms with Crippen LogP contribution in [0.4, 0.5) is 0 Å². The third-order valence-corrected chi connectivity index (χ3v) is 1.48. The zero-order valence-corrected chi connectivity index (χ0v) is 7.15. The lowest BCUT2D eigenvalue weighted by Gasteiger charge is -2.17. The van der Waals surface area contributed by atoms with Crippen LogP contribution in [-0.2, 0) is 0 Å². The number of nitrogens with zero attached hydrogens (tertiary/aromatic N) is 1. The highest BCUT2D eigenvalue weighted by atomic mass is 14.7. The minimum absolute atomic E-state index is 0.260. The minimum atomic E-state index is 0.260. The molecule has 0 bridgehead atoms. The predicted molar refractivity (Wildman–Crippen MR) is 43.1 cm³/mol. The molecule has 0 amide bonds. The Morgan fingerprint density at radius 2 is 1.78 bits per heavy atom. The molecule has 54 valence electrons. The second kappa shape index (κ2) is 3.00. The van der Waals surface area contributed by atoms with E-state index in [2.05, 4.69) is 39.6 Å². The van der Waals surface area contributed by atoms with Gasteiger partial charge in [-0.2, -0.15) is 0 Å². The summed E-state index contributed by atoms with van der Waals surface area (Å²) in [6.07, 6.45) is 0. The van der Waals surface area contributed by atoms with Crippen molar-refractivity contribution in [2.45, 2.75) is 34.6 Å². The number of hydrogen-bond acceptors (Lipinski definition) is 1. The molecule has 0 atom stereocenters. The van der Waals surface area contributed by atoms with E-state index in [1.165, 1.54) is 5.71 Å². The fourth-order valence-electron chi connectivity index (χ4n) is 0.474. The summed E-state index contributed by atoms with van der Waals surface area (Å²) in [7, 11) is 0. The van der Waals surface area contributed by atoms with Crippen LogP contribution in [0.25, 0.3) is 0 Å². The maximum atomic E-state index is 4.31. The average Bonchev–Trinajstić information content (AvgIpc) is 1.64. The summed E-state index contributed by atoms with van der Waals surface area (Å²) in [5.74, 6) is 0. The van der Waals surface area contributed by atoms with Gasteiger partial charge in [-0.25, -0.2) is 0 Å². The van der Waals surface area contributed by atoms with E-state index in [4.69, 9.17) is 0 Å². The molecule has 0 aliphatic rings. The average molecular weight is 127 g/mol. The third-order valence-electron chi connectivity index (χ3n) is 1.48. The van der Waals surface area contributed by atoms with Crippen LogP contribution in [0, 0.1) is 5.41 Å². The quantitative estimate of drug-likeness (QED) is 0.480. The van der Waals surface area contributed by atoms with Gasteiger partial charge >= 0.3 is 0 Å². The van der Waals surface area contributed by atoms with Gasteiger partial charge < -0.3 is 0 Å². The van der Waals surface area contributed by atoms with Crippen LogP contribution in [0.15, 0.2) is 4.99 Å². The molecule has 0 aromatic carbocycles. The van der Waals surface area contributed by atoms with Gasteiger partial charge in [-0.3, -0.25) is 4.99 Å². The molecular formula is C8H17N. The fraction of sp³-hybridized carbons (Fsp3) is 0.875. The second-order valence-electron chi connectivity index (χ2n) is 3.31. The Bertz CT molecular complexity index is 106. The highest BCUT2D eigenvalue weighted by molar-refractivity contribution is 5.86. The van der Waals surface area contributed by atoms with Crippen LogP contribution < -0.4 is 0 Å². The summed E-state index contributed by atoms with van der Waals surface area (Å²) >= 11 is 0. The van der Waals surface area contributed by atoms with Crippen molar-refractivity contribution >= 4 is 5.71 Å². The SMILES string of the molecule is CC/N=C(\C)C(C)(C)C. The molecule has 1 nitrogen and oxygen atoms in total. The summed E-state index contributed by atoms with van der Waals surface area (Å²) < 4.78 is 0. The van der Waals surface area contributed by atoms with Gasteiger partial charge in [0, 0.05) is 12.3 Å². The van der Waals surface area contributed by atoms with E-state index in [1.54, 1.807) is 0 Å². The fourth-order valence-corrected chi connectivity index (χ4v) is 0.474. The van der Waals surface area contributed by atoms with Crippen molar-refractivity contribution in [2.75, 3.05) is 6.54 Å². The number of aliphatic imine (C=N–C) groups is 1. The molecule has 0 unspecified atom stereocenters. The summed E-state index contributed by atoms with van der Waals surface area (Å²) in [5.41, 5.74) is 1.50. The topological polar surface area (TPSA) is 12.4 Å². The van der Waals surface area contributed by atoms with Crippen LogP contribution in [0.3, 0.4) is 0 Å². The zero-order valence-electron chi connectivity index (χ0n) is 7.15. The maximum Gasteiger partial charge on any atom is 0.0360 e. The van der Waals surface area contributed by atoms with Crippen LogP contribution >= 0.6 is 0 Å². The van der Waals surface area contributed by atoms with E-state index in [9.17, 15) is 0 Å². The number of hydrogen-bond donors (Lipinski definition) is 0. The van der Waals surface area contributed by atoms with E-state index in [-0.39, 0.29) is 5.41 Å². The van der Waals surface area contributed by atoms with Gasteiger partial charge in [-0.1, -0.05) is 20.8 Å². The summed E-state index contributed by atoms with van der Waals surface area (Å²) in [5, 5.41) is 0. The molecule has 0 radical (unpaired) electrons. The molecule has 0 N–H and O–H groups in total. The largest absolute Gasteiger partial charge is 0.294 e. The summed E-state index contributed by atoms with van der Waals surface area (Å²) in [4.78, 5) is 4.31. The Kier molecular flexibility index (Phi) is 2.89. The first-order valence-electron chi connectivity index (χ1n) is 3.50. The first-order chi connectivity index (χ1) is 3.98. The van der Waals surface area contributed by atoms with Crippen molar-refractivity contribution in [3.8, 4) is 0 Å². The molecule has 0 spiro atoms. The van der Waals surface area contributed by atoms with Crippen molar-refractivity contribution in [1.82, 2.24) is 0 Å². The Hall–Kier alpha value is -0.330. The summed E-state index contributed by atoms with van der Waals surface area (Å²) in [6.45, 7) is 11.6. The molecule has 0 aromatic heterocycles. The van der Waals surface area contributed by atoms with E-state index in [0.717, 1.165) is 6.54 Å². The van der Waals surface area contributed by atoms with Crippen LogP contribution in [0.2, 0.25) is 0 Å². The van der Waals surface area contributed by atoms with Gasteiger partial charge in [-0.15, -0.1) is 0 Å². The van der Waals surface area contributed by atoms with E-state index in [0.29, 0.717) is 0 Å². The first kappa shape index (κ1) is 8.67. The van der Waals surface area contributed by atoms with Crippen molar-refractivity contribution in [3.05, 3.63) is 0 Å². The highest BCUT2D eigenvalue weighted by Crippen LogP contribution is 2.14. The Morgan fingerprint density at radius 1 is 1.33 bits per heavy atom. The Balaban J connectivity index is 4.03.